The van der Waals surface area contributed by atoms with Gasteiger partial charge in [-0.1, -0.05) is 12.1 Å². The standard InChI is InChI=1S/C11H8N4O2S/c1-15-11(13-9(16)10(17)14-15)18-8-5-3-2-4-7(8)6-12/h2-5H,1H3,(H,14,17). The predicted octanol–water partition coefficient (Wildman–Crippen LogP) is 0.491. The van der Waals surface area contributed by atoms with Crippen LogP contribution in [-0.4, -0.2) is 14.8 Å². The molecule has 6 nitrogen and oxygen atoms in total. The minimum Gasteiger partial charge on any atom is -0.265 e. The molecule has 18 heavy (non-hydrogen) atoms. The summed E-state index contributed by atoms with van der Waals surface area (Å²) in [5.41, 5.74) is -1.12. The molecule has 0 bridgehead atoms. The molecule has 1 heterocycles. The van der Waals surface area contributed by atoms with Gasteiger partial charge < -0.3 is 0 Å². The van der Waals surface area contributed by atoms with Gasteiger partial charge in [0.25, 0.3) is 0 Å². The third-order valence-electron chi connectivity index (χ3n) is 2.16. The summed E-state index contributed by atoms with van der Waals surface area (Å²) in [6.45, 7) is 0. The van der Waals surface area contributed by atoms with Crippen molar-refractivity contribution in [1.29, 1.82) is 5.26 Å². The van der Waals surface area contributed by atoms with Crippen molar-refractivity contribution < 1.29 is 0 Å². The molecule has 2 rings (SSSR count). The van der Waals surface area contributed by atoms with Crippen LogP contribution in [0.5, 0.6) is 0 Å². The number of benzene rings is 1. The summed E-state index contributed by atoms with van der Waals surface area (Å²) in [6.07, 6.45) is 0. The summed E-state index contributed by atoms with van der Waals surface area (Å²) in [6, 6.07) is 9.01. The maximum Gasteiger partial charge on any atom is 0.339 e. The second kappa shape index (κ2) is 4.89. The Labute approximate surface area is 106 Å². The molecule has 1 N–H and O–H groups in total. The first kappa shape index (κ1) is 12.1. The first-order chi connectivity index (χ1) is 8.61. The van der Waals surface area contributed by atoms with Gasteiger partial charge in [-0.25, -0.2) is 0 Å². The van der Waals surface area contributed by atoms with Gasteiger partial charge in [0.05, 0.1) is 5.56 Å². The van der Waals surface area contributed by atoms with Gasteiger partial charge in [-0.05, 0) is 23.9 Å². The average molecular weight is 260 g/mol. The van der Waals surface area contributed by atoms with Crippen LogP contribution in [0.25, 0.3) is 0 Å². The molecule has 2 aromatic rings. The monoisotopic (exact) mass is 260 g/mol. The molecule has 7 heteroatoms. The van der Waals surface area contributed by atoms with Crippen LogP contribution in [0.15, 0.2) is 43.9 Å². The van der Waals surface area contributed by atoms with Gasteiger partial charge in [-0.3, -0.25) is 19.4 Å². The molecular weight excluding hydrogens is 252 g/mol. The highest BCUT2D eigenvalue weighted by Crippen LogP contribution is 2.26. The summed E-state index contributed by atoms with van der Waals surface area (Å²) in [5, 5.41) is 11.6. The van der Waals surface area contributed by atoms with Crippen LogP contribution in [0.3, 0.4) is 0 Å². The number of aryl methyl sites for hydroxylation is 1. The van der Waals surface area contributed by atoms with Gasteiger partial charge in [0.15, 0.2) is 5.16 Å². The number of aromatic amines is 1. The Hall–Kier alpha value is -2.33. The Balaban J connectivity index is 2.47. The number of rotatable bonds is 2. The molecule has 0 fully saturated rings. The van der Waals surface area contributed by atoms with E-state index in [0.29, 0.717) is 15.6 Å². The second-order valence-corrected chi connectivity index (χ2v) is 4.42. The molecule has 0 unspecified atom stereocenters. The Bertz CT molecular complexity index is 742. The van der Waals surface area contributed by atoms with E-state index in [2.05, 4.69) is 16.2 Å². The molecule has 0 amide bonds. The molecule has 1 aromatic heterocycles. The normalized spacial score (nSPS) is 10.0. The van der Waals surface area contributed by atoms with E-state index < -0.39 is 11.1 Å². The van der Waals surface area contributed by atoms with Crippen molar-refractivity contribution in [1.82, 2.24) is 14.8 Å². The maximum absolute atomic E-state index is 11.2. The number of nitrogens with zero attached hydrogens (tertiary/aromatic N) is 3. The van der Waals surface area contributed by atoms with Crippen LogP contribution >= 0.6 is 11.8 Å². The SMILES string of the molecule is Cn1[nH]c(=O)c(=O)nc1Sc1ccccc1C#N. The van der Waals surface area contributed by atoms with Crippen molar-refractivity contribution in [3.63, 3.8) is 0 Å². The topological polar surface area (TPSA) is 91.5 Å². The number of nitriles is 1. The van der Waals surface area contributed by atoms with E-state index in [0.717, 1.165) is 11.8 Å². The van der Waals surface area contributed by atoms with Crippen molar-refractivity contribution in [2.75, 3.05) is 0 Å². The van der Waals surface area contributed by atoms with Crippen molar-refractivity contribution in [2.45, 2.75) is 10.1 Å². The van der Waals surface area contributed by atoms with Crippen LogP contribution < -0.4 is 11.1 Å². The fourth-order valence-electron chi connectivity index (χ4n) is 1.30. The van der Waals surface area contributed by atoms with Crippen LogP contribution in [0, 0.1) is 11.3 Å². The van der Waals surface area contributed by atoms with Gasteiger partial charge in [0.1, 0.15) is 6.07 Å². The van der Waals surface area contributed by atoms with Crippen molar-refractivity contribution in [3.05, 3.63) is 50.5 Å². The number of nitrogens with one attached hydrogen (secondary N) is 1. The minimum atomic E-state index is -0.843. The van der Waals surface area contributed by atoms with Crippen molar-refractivity contribution in [2.24, 2.45) is 7.05 Å². The molecule has 0 aliphatic rings. The van der Waals surface area contributed by atoms with E-state index in [1.165, 1.54) is 4.68 Å². The second-order valence-electron chi connectivity index (χ2n) is 3.41. The zero-order valence-electron chi connectivity index (χ0n) is 9.38. The lowest BCUT2D eigenvalue weighted by atomic mass is 10.2. The quantitative estimate of drug-likeness (QED) is 0.793. The molecule has 0 radical (unpaired) electrons. The molecule has 0 saturated carbocycles. The minimum absolute atomic E-state index is 0.322. The highest BCUT2D eigenvalue weighted by molar-refractivity contribution is 7.99. The van der Waals surface area contributed by atoms with Crippen molar-refractivity contribution in [3.8, 4) is 6.07 Å². The van der Waals surface area contributed by atoms with E-state index in [4.69, 9.17) is 5.26 Å². The summed E-state index contributed by atoms with van der Waals surface area (Å²) in [7, 11) is 1.57. The molecule has 0 atom stereocenters. The Kier molecular flexibility index (Phi) is 3.30. The number of hydrogen-bond donors (Lipinski definition) is 1. The lowest BCUT2D eigenvalue weighted by molar-refractivity contribution is 0.596. The first-order valence-corrected chi connectivity index (χ1v) is 5.78. The largest absolute Gasteiger partial charge is 0.339 e. The Morgan fingerprint density at radius 3 is 2.83 bits per heavy atom. The summed E-state index contributed by atoms with van der Waals surface area (Å²) in [4.78, 5) is 26.6. The third-order valence-corrected chi connectivity index (χ3v) is 3.28. The third kappa shape index (κ3) is 2.33. The van der Waals surface area contributed by atoms with Gasteiger partial charge in [-0.2, -0.15) is 10.2 Å². The van der Waals surface area contributed by atoms with E-state index in [-0.39, 0.29) is 0 Å². The molecule has 1 aromatic carbocycles. The van der Waals surface area contributed by atoms with Gasteiger partial charge >= 0.3 is 11.1 Å². The highest BCUT2D eigenvalue weighted by Gasteiger charge is 2.08. The molecule has 0 aliphatic heterocycles. The van der Waals surface area contributed by atoms with Gasteiger partial charge in [0, 0.05) is 11.9 Å². The van der Waals surface area contributed by atoms with E-state index in [1.807, 2.05) is 0 Å². The zero-order chi connectivity index (χ0) is 13.1. The van der Waals surface area contributed by atoms with E-state index in [1.54, 1.807) is 31.3 Å². The fraction of sp³-hybridized carbons (Fsp3) is 0.0909. The number of hydrogen-bond acceptors (Lipinski definition) is 5. The lowest BCUT2D eigenvalue weighted by Gasteiger charge is -2.06. The lowest BCUT2D eigenvalue weighted by Crippen LogP contribution is -2.33. The number of aromatic nitrogens is 3. The molecule has 0 spiro atoms. The Morgan fingerprint density at radius 1 is 1.39 bits per heavy atom. The van der Waals surface area contributed by atoms with Crippen molar-refractivity contribution >= 4 is 11.8 Å². The van der Waals surface area contributed by atoms with E-state index >= 15 is 0 Å². The zero-order valence-corrected chi connectivity index (χ0v) is 10.2. The van der Waals surface area contributed by atoms with Crippen LogP contribution in [0.1, 0.15) is 5.56 Å². The van der Waals surface area contributed by atoms with Crippen LogP contribution in [-0.2, 0) is 7.05 Å². The smallest absolute Gasteiger partial charge is 0.265 e. The van der Waals surface area contributed by atoms with Gasteiger partial charge in [-0.15, -0.1) is 0 Å². The first-order valence-electron chi connectivity index (χ1n) is 4.96. The fourth-order valence-corrected chi connectivity index (χ4v) is 2.18. The molecule has 0 aliphatic carbocycles. The summed E-state index contributed by atoms with van der Waals surface area (Å²) < 4.78 is 1.35. The molecule has 0 saturated heterocycles. The highest BCUT2D eigenvalue weighted by atomic mass is 32.2. The van der Waals surface area contributed by atoms with Gasteiger partial charge in [0.2, 0.25) is 0 Å². The van der Waals surface area contributed by atoms with Crippen LogP contribution in [0.4, 0.5) is 0 Å². The molecular formula is C11H8N4O2S. The maximum atomic E-state index is 11.2. The summed E-state index contributed by atoms with van der Waals surface area (Å²) >= 11 is 1.15. The average Bonchev–Trinajstić information content (AvgIpc) is 2.36. The van der Waals surface area contributed by atoms with E-state index in [9.17, 15) is 9.59 Å². The van der Waals surface area contributed by atoms with Crippen LogP contribution in [0.2, 0.25) is 0 Å². The Morgan fingerprint density at radius 2 is 2.11 bits per heavy atom. The summed E-state index contributed by atoms with van der Waals surface area (Å²) in [5.74, 6) is 0. The molecule has 90 valence electrons. The number of H-pyrrole nitrogens is 1. The predicted molar refractivity (Wildman–Crippen MR) is 65.4 cm³/mol.